The lowest BCUT2D eigenvalue weighted by Gasteiger charge is -2.00. The molecule has 0 aliphatic rings. The molecule has 0 aromatic heterocycles. The van der Waals surface area contributed by atoms with Crippen LogP contribution >= 0.6 is 0 Å². The van der Waals surface area contributed by atoms with Gasteiger partial charge in [-0.3, -0.25) is 4.79 Å². The number of Topliss-reactive ketones (excluding diaryl/α,β-unsaturated/α-hetero) is 1. The molecule has 0 heterocycles. The van der Waals surface area contributed by atoms with Crippen molar-refractivity contribution in [1.82, 2.24) is 0 Å². The van der Waals surface area contributed by atoms with Gasteiger partial charge in [0.15, 0.2) is 5.78 Å². The Bertz CT molecular complexity index is 414. The van der Waals surface area contributed by atoms with Gasteiger partial charge >= 0.3 is 0 Å². The first-order chi connectivity index (χ1) is 7.79. The van der Waals surface area contributed by atoms with E-state index in [1.165, 1.54) is 13.4 Å². The van der Waals surface area contributed by atoms with Crippen LogP contribution in [-0.4, -0.2) is 12.9 Å². The molecule has 0 aliphatic carbocycles. The Morgan fingerprint density at radius 3 is 2.56 bits per heavy atom. The zero-order valence-electron chi connectivity index (χ0n) is 9.22. The Balaban J connectivity index is 2.97. The van der Waals surface area contributed by atoms with Gasteiger partial charge in [-0.25, -0.2) is 0 Å². The monoisotopic (exact) mass is 214 g/mol. The van der Waals surface area contributed by atoms with Crippen LogP contribution in [0, 0.1) is 0 Å². The van der Waals surface area contributed by atoms with Crippen LogP contribution in [0.4, 0.5) is 0 Å². The van der Waals surface area contributed by atoms with Crippen molar-refractivity contribution >= 4 is 5.78 Å². The SMILES string of the molecule is C=C/C=C(\C=C/OC)C(=O)c1ccccc1. The highest BCUT2D eigenvalue weighted by atomic mass is 16.5. The van der Waals surface area contributed by atoms with Crippen molar-refractivity contribution in [2.75, 3.05) is 7.11 Å². The third kappa shape index (κ3) is 3.24. The average molecular weight is 214 g/mol. The van der Waals surface area contributed by atoms with Crippen LogP contribution in [-0.2, 0) is 4.74 Å². The minimum absolute atomic E-state index is 0.0474. The van der Waals surface area contributed by atoms with E-state index >= 15 is 0 Å². The largest absolute Gasteiger partial charge is 0.504 e. The summed E-state index contributed by atoms with van der Waals surface area (Å²) >= 11 is 0. The van der Waals surface area contributed by atoms with Crippen LogP contribution in [0.5, 0.6) is 0 Å². The Labute approximate surface area is 95.6 Å². The summed E-state index contributed by atoms with van der Waals surface area (Å²) in [5, 5.41) is 0. The van der Waals surface area contributed by atoms with Gasteiger partial charge in [0.2, 0.25) is 0 Å². The van der Waals surface area contributed by atoms with Gasteiger partial charge in [-0.05, 0) is 6.08 Å². The minimum Gasteiger partial charge on any atom is -0.504 e. The second-order valence-corrected chi connectivity index (χ2v) is 3.09. The number of ether oxygens (including phenoxy) is 1. The van der Waals surface area contributed by atoms with Crippen molar-refractivity contribution in [1.29, 1.82) is 0 Å². The van der Waals surface area contributed by atoms with Gasteiger partial charge in [0.05, 0.1) is 13.4 Å². The van der Waals surface area contributed by atoms with Gasteiger partial charge in [-0.2, -0.15) is 0 Å². The summed E-state index contributed by atoms with van der Waals surface area (Å²) in [6.45, 7) is 3.58. The third-order valence-corrected chi connectivity index (χ3v) is 1.98. The molecule has 16 heavy (non-hydrogen) atoms. The van der Waals surface area contributed by atoms with Crippen LogP contribution in [0.15, 0.2) is 67.0 Å². The van der Waals surface area contributed by atoms with Crippen molar-refractivity contribution in [2.45, 2.75) is 0 Å². The number of benzene rings is 1. The van der Waals surface area contributed by atoms with Crippen LogP contribution in [0.3, 0.4) is 0 Å². The predicted octanol–water partition coefficient (Wildman–Crippen LogP) is 3.14. The van der Waals surface area contributed by atoms with E-state index in [1.807, 2.05) is 18.2 Å². The van der Waals surface area contributed by atoms with Crippen molar-refractivity contribution in [3.8, 4) is 0 Å². The number of carbonyl (C=O) groups is 1. The highest BCUT2D eigenvalue weighted by Crippen LogP contribution is 2.09. The lowest BCUT2D eigenvalue weighted by atomic mass is 10.0. The quantitative estimate of drug-likeness (QED) is 0.326. The molecule has 2 nitrogen and oxygen atoms in total. The molecule has 2 heteroatoms. The first kappa shape index (κ1) is 12.0. The topological polar surface area (TPSA) is 26.3 Å². The molecule has 0 spiro atoms. The maximum absolute atomic E-state index is 12.0. The normalized spacial score (nSPS) is 11.4. The third-order valence-electron chi connectivity index (χ3n) is 1.98. The highest BCUT2D eigenvalue weighted by Gasteiger charge is 2.08. The van der Waals surface area contributed by atoms with E-state index in [2.05, 4.69) is 6.58 Å². The molecule has 0 amide bonds. The standard InChI is InChI=1S/C14H14O2/c1-3-7-12(10-11-16-2)14(15)13-8-5-4-6-9-13/h3-11H,1H2,2H3/b11-10-,12-7+. The average Bonchev–Trinajstić information content (AvgIpc) is 2.35. The van der Waals surface area contributed by atoms with Gasteiger partial charge in [0.1, 0.15) is 0 Å². The van der Waals surface area contributed by atoms with Gasteiger partial charge in [0.25, 0.3) is 0 Å². The summed E-state index contributed by atoms with van der Waals surface area (Å²) in [4.78, 5) is 12.0. The summed E-state index contributed by atoms with van der Waals surface area (Å²) in [6, 6.07) is 9.09. The van der Waals surface area contributed by atoms with Gasteiger partial charge in [0, 0.05) is 11.1 Å². The second-order valence-electron chi connectivity index (χ2n) is 3.09. The van der Waals surface area contributed by atoms with Crippen molar-refractivity contribution in [3.05, 3.63) is 72.5 Å². The first-order valence-corrected chi connectivity index (χ1v) is 4.91. The Kier molecular flexibility index (Phi) is 4.80. The number of hydrogen-bond acceptors (Lipinski definition) is 2. The zero-order valence-corrected chi connectivity index (χ0v) is 9.22. The molecule has 0 saturated heterocycles. The fourth-order valence-electron chi connectivity index (χ4n) is 1.23. The van der Waals surface area contributed by atoms with Crippen LogP contribution in [0.2, 0.25) is 0 Å². The first-order valence-electron chi connectivity index (χ1n) is 4.91. The molecular weight excluding hydrogens is 200 g/mol. The number of carbonyl (C=O) groups excluding carboxylic acids is 1. The predicted molar refractivity (Wildman–Crippen MR) is 65.2 cm³/mol. The summed E-state index contributed by atoms with van der Waals surface area (Å²) < 4.78 is 4.80. The van der Waals surface area contributed by atoms with E-state index in [1.54, 1.807) is 30.4 Å². The van der Waals surface area contributed by atoms with Crippen LogP contribution < -0.4 is 0 Å². The molecule has 0 N–H and O–H groups in total. The Hall–Kier alpha value is -2.09. The summed E-state index contributed by atoms with van der Waals surface area (Å²) in [5.41, 5.74) is 1.19. The molecule has 0 saturated carbocycles. The molecule has 0 radical (unpaired) electrons. The van der Waals surface area contributed by atoms with E-state index < -0.39 is 0 Å². The Morgan fingerprint density at radius 2 is 2.00 bits per heavy atom. The molecule has 1 aromatic rings. The number of methoxy groups -OCH3 is 1. The fourth-order valence-corrected chi connectivity index (χ4v) is 1.23. The van der Waals surface area contributed by atoms with Gasteiger partial charge in [-0.1, -0.05) is 49.1 Å². The summed E-state index contributed by atoms with van der Waals surface area (Å²) in [5.74, 6) is -0.0474. The van der Waals surface area contributed by atoms with Crippen molar-refractivity contribution < 1.29 is 9.53 Å². The molecule has 0 atom stereocenters. The fraction of sp³-hybridized carbons (Fsp3) is 0.0714. The minimum atomic E-state index is -0.0474. The molecule has 0 aliphatic heterocycles. The zero-order chi connectivity index (χ0) is 11.8. The van der Waals surface area contributed by atoms with E-state index in [-0.39, 0.29) is 5.78 Å². The molecule has 0 bridgehead atoms. The molecule has 1 aromatic carbocycles. The Morgan fingerprint density at radius 1 is 1.31 bits per heavy atom. The van der Waals surface area contributed by atoms with E-state index in [0.29, 0.717) is 11.1 Å². The van der Waals surface area contributed by atoms with Crippen LogP contribution in [0.25, 0.3) is 0 Å². The summed E-state index contributed by atoms with van der Waals surface area (Å²) in [6.07, 6.45) is 6.33. The highest BCUT2D eigenvalue weighted by molar-refractivity contribution is 6.10. The molecule has 0 unspecified atom stereocenters. The van der Waals surface area contributed by atoms with Gasteiger partial charge < -0.3 is 4.74 Å². The number of allylic oxidation sites excluding steroid dienone is 4. The number of hydrogen-bond donors (Lipinski definition) is 0. The smallest absolute Gasteiger partial charge is 0.193 e. The maximum atomic E-state index is 12.0. The molecule has 1 rings (SSSR count). The maximum Gasteiger partial charge on any atom is 0.193 e. The molecule has 82 valence electrons. The second kappa shape index (κ2) is 6.40. The van der Waals surface area contributed by atoms with Crippen molar-refractivity contribution in [2.24, 2.45) is 0 Å². The lowest BCUT2D eigenvalue weighted by molar-refractivity contribution is 0.103. The van der Waals surface area contributed by atoms with Crippen LogP contribution in [0.1, 0.15) is 10.4 Å². The van der Waals surface area contributed by atoms with Crippen molar-refractivity contribution in [3.63, 3.8) is 0 Å². The lowest BCUT2D eigenvalue weighted by Crippen LogP contribution is -2.01. The number of rotatable bonds is 5. The van der Waals surface area contributed by atoms with E-state index in [9.17, 15) is 4.79 Å². The van der Waals surface area contributed by atoms with Gasteiger partial charge in [-0.15, -0.1) is 0 Å². The molecular formula is C14H14O2. The summed E-state index contributed by atoms with van der Waals surface area (Å²) in [7, 11) is 1.54. The number of ketones is 1. The van der Waals surface area contributed by atoms with E-state index in [4.69, 9.17) is 4.74 Å². The van der Waals surface area contributed by atoms with E-state index in [0.717, 1.165) is 0 Å². The molecule has 0 fully saturated rings.